The number of carbonyl (C=O) groups is 2. The fourth-order valence-electron chi connectivity index (χ4n) is 2.27. The summed E-state index contributed by atoms with van der Waals surface area (Å²) in [6, 6.07) is 12.1. The summed E-state index contributed by atoms with van der Waals surface area (Å²) in [6.07, 6.45) is 0.753. The van der Waals surface area contributed by atoms with Crippen molar-refractivity contribution >= 4 is 29.3 Å². The molecule has 7 nitrogen and oxygen atoms in total. The second-order valence-corrected chi connectivity index (χ2v) is 6.86. The van der Waals surface area contributed by atoms with Crippen LogP contribution in [0.5, 0.6) is 0 Å². The molecule has 29 heavy (non-hydrogen) atoms. The van der Waals surface area contributed by atoms with Crippen LogP contribution < -0.4 is 5.32 Å². The van der Waals surface area contributed by atoms with Gasteiger partial charge in [0.2, 0.25) is 11.8 Å². The van der Waals surface area contributed by atoms with Crippen molar-refractivity contribution < 1.29 is 23.1 Å². The molecule has 0 aliphatic heterocycles. The number of esters is 1. The molecule has 9 heteroatoms. The molecule has 0 atom stereocenters. The van der Waals surface area contributed by atoms with Gasteiger partial charge in [-0.05, 0) is 55.0 Å². The second-order valence-electron chi connectivity index (χ2n) is 5.93. The fraction of sp³-hybridized carbons (Fsp3) is 0.200. The molecule has 0 unspecified atom stereocenters. The number of ether oxygens (including phenoxy) is 1. The summed E-state index contributed by atoms with van der Waals surface area (Å²) in [5, 5.41) is 10.7. The van der Waals surface area contributed by atoms with Gasteiger partial charge in [-0.25, -0.2) is 9.18 Å². The topological polar surface area (TPSA) is 94.3 Å². The first-order chi connectivity index (χ1) is 14.0. The molecule has 1 N–H and O–H groups in total. The number of rotatable bonds is 8. The van der Waals surface area contributed by atoms with Crippen molar-refractivity contribution in [2.75, 3.05) is 17.7 Å². The van der Waals surface area contributed by atoms with Gasteiger partial charge in [0.25, 0.3) is 5.22 Å². The Morgan fingerprint density at radius 1 is 1.10 bits per heavy atom. The molecular weight excluding hydrogens is 397 g/mol. The highest BCUT2D eigenvalue weighted by molar-refractivity contribution is 7.99. The van der Waals surface area contributed by atoms with E-state index in [-0.39, 0.29) is 28.6 Å². The van der Waals surface area contributed by atoms with Crippen LogP contribution in [0, 0.1) is 5.82 Å². The van der Waals surface area contributed by atoms with Gasteiger partial charge in [-0.3, -0.25) is 4.79 Å². The van der Waals surface area contributed by atoms with Crippen LogP contribution in [0.3, 0.4) is 0 Å². The van der Waals surface area contributed by atoms with Gasteiger partial charge in [0.15, 0.2) is 0 Å². The van der Waals surface area contributed by atoms with Gasteiger partial charge >= 0.3 is 5.97 Å². The maximum atomic E-state index is 13.0. The molecule has 2 aromatic carbocycles. The lowest BCUT2D eigenvalue weighted by Crippen LogP contribution is -2.14. The molecule has 0 bridgehead atoms. The Labute approximate surface area is 170 Å². The second kappa shape index (κ2) is 9.83. The summed E-state index contributed by atoms with van der Waals surface area (Å²) in [7, 11) is 0. The Morgan fingerprint density at radius 2 is 1.83 bits per heavy atom. The van der Waals surface area contributed by atoms with Crippen LogP contribution in [0.4, 0.5) is 10.1 Å². The number of halogens is 1. The van der Waals surface area contributed by atoms with Gasteiger partial charge in [-0.2, -0.15) is 0 Å². The maximum Gasteiger partial charge on any atom is 0.338 e. The van der Waals surface area contributed by atoms with Crippen LogP contribution in [0.1, 0.15) is 23.7 Å². The molecule has 3 aromatic rings. The normalized spacial score (nSPS) is 10.6. The predicted molar refractivity (Wildman–Crippen MR) is 106 cm³/mol. The van der Waals surface area contributed by atoms with Crippen molar-refractivity contribution in [3.05, 3.63) is 59.9 Å². The third-order valence-corrected chi connectivity index (χ3v) is 4.48. The van der Waals surface area contributed by atoms with Crippen molar-refractivity contribution in [1.82, 2.24) is 10.2 Å². The number of hydrogen-bond donors (Lipinski definition) is 1. The van der Waals surface area contributed by atoms with Gasteiger partial charge in [0.05, 0.1) is 17.9 Å². The molecule has 0 saturated carbocycles. The van der Waals surface area contributed by atoms with Crippen molar-refractivity contribution in [3.8, 4) is 11.5 Å². The van der Waals surface area contributed by atoms with E-state index < -0.39 is 5.97 Å². The Bertz CT molecular complexity index is 974. The number of anilines is 1. The van der Waals surface area contributed by atoms with Gasteiger partial charge in [0, 0.05) is 11.3 Å². The van der Waals surface area contributed by atoms with Crippen LogP contribution in [0.15, 0.2) is 58.2 Å². The zero-order chi connectivity index (χ0) is 20.6. The van der Waals surface area contributed by atoms with E-state index >= 15 is 0 Å². The third-order valence-electron chi connectivity index (χ3n) is 3.67. The van der Waals surface area contributed by atoms with E-state index in [4.69, 9.17) is 9.15 Å². The molecule has 0 radical (unpaired) electrons. The largest absolute Gasteiger partial charge is 0.462 e. The summed E-state index contributed by atoms with van der Waals surface area (Å²) >= 11 is 1.08. The summed E-state index contributed by atoms with van der Waals surface area (Å²) in [5.74, 6) is -0.707. The highest BCUT2D eigenvalue weighted by Crippen LogP contribution is 2.23. The van der Waals surface area contributed by atoms with E-state index in [1.807, 2.05) is 6.92 Å². The van der Waals surface area contributed by atoms with Crippen molar-refractivity contribution in [3.63, 3.8) is 0 Å². The van der Waals surface area contributed by atoms with Crippen LogP contribution in [-0.2, 0) is 9.53 Å². The van der Waals surface area contributed by atoms with E-state index in [1.54, 1.807) is 24.3 Å². The Balaban J connectivity index is 1.50. The number of amides is 1. The van der Waals surface area contributed by atoms with E-state index in [9.17, 15) is 14.0 Å². The Morgan fingerprint density at radius 3 is 2.52 bits per heavy atom. The molecule has 3 rings (SSSR count). The van der Waals surface area contributed by atoms with Gasteiger partial charge in [0.1, 0.15) is 5.82 Å². The first kappa shape index (κ1) is 20.5. The lowest BCUT2D eigenvalue weighted by Gasteiger charge is -2.06. The molecule has 0 aliphatic rings. The number of hydrogen-bond acceptors (Lipinski definition) is 7. The van der Waals surface area contributed by atoms with E-state index in [1.165, 1.54) is 24.3 Å². The minimum absolute atomic E-state index is 0.0609. The Hall–Kier alpha value is -3.20. The molecule has 1 amide bonds. The van der Waals surface area contributed by atoms with Crippen LogP contribution in [-0.4, -0.2) is 34.4 Å². The number of thioether (sulfide) groups is 1. The summed E-state index contributed by atoms with van der Waals surface area (Å²) in [6.45, 7) is 2.29. The van der Waals surface area contributed by atoms with Crippen molar-refractivity contribution in [2.24, 2.45) is 0 Å². The zero-order valence-electron chi connectivity index (χ0n) is 15.6. The molecule has 0 spiro atoms. The molecular formula is C20H18FN3O4S. The quantitative estimate of drug-likeness (QED) is 0.436. The van der Waals surface area contributed by atoms with E-state index in [0.29, 0.717) is 23.4 Å². The van der Waals surface area contributed by atoms with Crippen LogP contribution >= 0.6 is 11.8 Å². The predicted octanol–water partition coefficient (Wildman–Crippen LogP) is 4.17. The minimum Gasteiger partial charge on any atom is -0.462 e. The molecule has 150 valence electrons. The van der Waals surface area contributed by atoms with Crippen LogP contribution in [0.25, 0.3) is 11.5 Å². The molecule has 0 saturated heterocycles. The smallest absolute Gasteiger partial charge is 0.338 e. The van der Waals surface area contributed by atoms with Crippen molar-refractivity contribution in [2.45, 2.75) is 18.6 Å². The maximum absolute atomic E-state index is 13.0. The lowest BCUT2D eigenvalue weighted by molar-refractivity contribution is -0.113. The van der Waals surface area contributed by atoms with Gasteiger partial charge < -0.3 is 14.5 Å². The van der Waals surface area contributed by atoms with Gasteiger partial charge in [-0.1, -0.05) is 18.7 Å². The summed E-state index contributed by atoms with van der Waals surface area (Å²) < 4.78 is 23.5. The minimum atomic E-state index is -0.395. The lowest BCUT2D eigenvalue weighted by atomic mass is 10.2. The summed E-state index contributed by atoms with van der Waals surface area (Å²) in [4.78, 5) is 23.9. The number of carbonyl (C=O) groups excluding carboxylic acids is 2. The first-order valence-corrected chi connectivity index (χ1v) is 9.83. The molecule has 0 aliphatic carbocycles. The Kier molecular flexibility index (Phi) is 6.96. The standard InChI is InChI=1S/C20H18FN3O4S/c1-2-11-27-19(26)14-5-9-16(10-6-14)22-17(25)12-29-20-24-23-18(28-20)13-3-7-15(21)8-4-13/h3-10H,2,11-12H2,1H3,(H,22,25). The van der Waals surface area contributed by atoms with E-state index in [2.05, 4.69) is 15.5 Å². The number of benzene rings is 2. The average Bonchev–Trinajstić information content (AvgIpc) is 3.20. The molecule has 1 heterocycles. The zero-order valence-corrected chi connectivity index (χ0v) is 16.4. The number of nitrogens with one attached hydrogen (secondary N) is 1. The SMILES string of the molecule is CCCOC(=O)c1ccc(NC(=O)CSc2nnc(-c3ccc(F)cc3)o2)cc1. The average molecular weight is 415 g/mol. The van der Waals surface area contributed by atoms with E-state index in [0.717, 1.165) is 18.2 Å². The van der Waals surface area contributed by atoms with Crippen molar-refractivity contribution in [1.29, 1.82) is 0 Å². The molecule has 0 fully saturated rings. The third kappa shape index (κ3) is 5.89. The fourth-order valence-corrected chi connectivity index (χ4v) is 2.83. The number of nitrogens with zero attached hydrogens (tertiary/aromatic N) is 2. The molecule has 1 aromatic heterocycles. The first-order valence-electron chi connectivity index (χ1n) is 8.84. The van der Waals surface area contributed by atoms with Gasteiger partial charge in [-0.15, -0.1) is 10.2 Å². The summed E-state index contributed by atoms with van der Waals surface area (Å²) in [5.41, 5.74) is 1.57. The van der Waals surface area contributed by atoms with Crippen LogP contribution in [0.2, 0.25) is 0 Å². The number of aromatic nitrogens is 2. The highest BCUT2D eigenvalue weighted by atomic mass is 32.2. The monoisotopic (exact) mass is 415 g/mol. The highest BCUT2D eigenvalue weighted by Gasteiger charge is 2.12.